The molecular formula is C16H24N2O2S. The molecule has 2 rings (SSSR count). The molecule has 0 bridgehead atoms. The number of aromatic nitrogens is 1. The van der Waals surface area contributed by atoms with Crippen LogP contribution in [0.3, 0.4) is 0 Å². The van der Waals surface area contributed by atoms with Crippen molar-refractivity contribution in [1.82, 2.24) is 4.57 Å². The van der Waals surface area contributed by atoms with E-state index >= 15 is 0 Å². The number of nitrogens with zero attached hydrogens (tertiary/aromatic N) is 1. The molecule has 0 saturated carbocycles. The number of benzene rings is 1. The van der Waals surface area contributed by atoms with Gasteiger partial charge in [0, 0.05) is 18.3 Å². The summed E-state index contributed by atoms with van der Waals surface area (Å²) in [7, 11) is -3.10. The van der Waals surface area contributed by atoms with Crippen molar-refractivity contribution in [2.75, 3.05) is 12.3 Å². The van der Waals surface area contributed by atoms with Crippen LogP contribution in [0, 0.1) is 0 Å². The van der Waals surface area contributed by atoms with Gasteiger partial charge in [0.1, 0.15) is 0 Å². The Kier molecular flexibility index (Phi) is 4.44. The van der Waals surface area contributed by atoms with Crippen LogP contribution in [-0.2, 0) is 22.8 Å². The van der Waals surface area contributed by atoms with Gasteiger partial charge in [0.25, 0.3) is 0 Å². The third-order valence-corrected chi connectivity index (χ3v) is 6.39. The minimum atomic E-state index is -3.10. The average Bonchev–Trinajstić information content (AvgIpc) is 2.78. The first-order chi connectivity index (χ1) is 9.74. The lowest BCUT2D eigenvalue weighted by Gasteiger charge is -2.19. The molecule has 0 unspecified atom stereocenters. The van der Waals surface area contributed by atoms with Crippen LogP contribution in [0.1, 0.15) is 26.3 Å². The van der Waals surface area contributed by atoms with E-state index in [9.17, 15) is 8.42 Å². The van der Waals surface area contributed by atoms with Crippen LogP contribution in [0.2, 0.25) is 0 Å². The van der Waals surface area contributed by atoms with E-state index in [1.54, 1.807) is 20.8 Å². The second-order valence-electron chi connectivity index (χ2n) is 6.37. The summed E-state index contributed by atoms with van der Waals surface area (Å²) in [5, 5.41) is 1.13. The van der Waals surface area contributed by atoms with Crippen molar-refractivity contribution >= 4 is 20.7 Å². The highest BCUT2D eigenvalue weighted by Gasteiger charge is 2.28. The summed E-state index contributed by atoms with van der Waals surface area (Å²) in [6.07, 6.45) is 2.81. The lowest BCUT2D eigenvalue weighted by Crippen LogP contribution is -2.31. The van der Waals surface area contributed by atoms with Crippen molar-refractivity contribution in [2.24, 2.45) is 5.73 Å². The Morgan fingerprint density at radius 2 is 1.90 bits per heavy atom. The maximum atomic E-state index is 12.2. The second kappa shape index (κ2) is 5.81. The van der Waals surface area contributed by atoms with Gasteiger partial charge in [-0.05, 0) is 62.9 Å². The van der Waals surface area contributed by atoms with E-state index in [-0.39, 0.29) is 5.75 Å². The Labute approximate surface area is 126 Å². The summed E-state index contributed by atoms with van der Waals surface area (Å²) in [5.74, 6) is 0.158. The first-order valence-electron chi connectivity index (χ1n) is 7.25. The number of sulfone groups is 1. The standard InChI is InChI=1S/C16H24N2O2S/c1-16(2,3)21(19,20)11-10-18-9-7-14-12-13(6-8-17)4-5-15(14)18/h4-5,7,9,12H,6,8,10-11,17H2,1-3H3. The number of rotatable bonds is 5. The molecule has 0 aliphatic heterocycles. The molecule has 0 radical (unpaired) electrons. The van der Waals surface area contributed by atoms with Gasteiger partial charge in [-0.25, -0.2) is 8.42 Å². The van der Waals surface area contributed by atoms with Gasteiger partial charge in [-0.3, -0.25) is 0 Å². The van der Waals surface area contributed by atoms with Crippen LogP contribution in [0.4, 0.5) is 0 Å². The lowest BCUT2D eigenvalue weighted by molar-refractivity contribution is 0.555. The largest absolute Gasteiger partial charge is 0.346 e. The quantitative estimate of drug-likeness (QED) is 0.922. The van der Waals surface area contributed by atoms with Gasteiger partial charge in [0.15, 0.2) is 9.84 Å². The molecule has 1 aromatic carbocycles. The molecule has 1 aromatic heterocycles. The highest BCUT2D eigenvalue weighted by molar-refractivity contribution is 7.92. The number of aryl methyl sites for hydroxylation is 1. The maximum absolute atomic E-state index is 12.2. The fraction of sp³-hybridized carbons (Fsp3) is 0.500. The van der Waals surface area contributed by atoms with Crippen molar-refractivity contribution in [1.29, 1.82) is 0 Å². The van der Waals surface area contributed by atoms with Gasteiger partial charge in [0.05, 0.1) is 10.5 Å². The topological polar surface area (TPSA) is 65.1 Å². The zero-order chi connectivity index (χ0) is 15.7. The molecule has 1 heterocycles. The molecule has 4 nitrogen and oxygen atoms in total. The Hall–Kier alpha value is -1.33. The molecule has 2 N–H and O–H groups in total. The lowest BCUT2D eigenvalue weighted by atomic mass is 10.1. The molecule has 0 spiro atoms. The summed E-state index contributed by atoms with van der Waals surface area (Å²) < 4.78 is 25.7. The number of fused-ring (bicyclic) bond motifs is 1. The zero-order valence-corrected chi connectivity index (χ0v) is 13.8. The molecule has 0 fully saturated rings. The SMILES string of the molecule is CC(C)(C)S(=O)(=O)CCn1ccc2cc(CCN)ccc21. The van der Waals surface area contributed by atoms with E-state index in [0.717, 1.165) is 17.3 Å². The van der Waals surface area contributed by atoms with Crippen LogP contribution in [0.15, 0.2) is 30.5 Å². The highest BCUT2D eigenvalue weighted by atomic mass is 32.2. The second-order valence-corrected chi connectivity index (χ2v) is 9.23. The van der Waals surface area contributed by atoms with E-state index in [1.165, 1.54) is 5.56 Å². The maximum Gasteiger partial charge on any atom is 0.156 e. The normalized spacial score (nSPS) is 13.0. The first-order valence-corrected chi connectivity index (χ1v) is 8.90. The van der Waals surface area contributed by atoms with Crippen molar-refractivity contribution in [3.8, 4) is 0 Å². The van der Waals surface area contributed by atoms with E-state index in [4.69, 9.17) is 5.73 Å². The van der Waals surface area contributed by atoms with Crippen LogP contribution in [0.5, 0.6) is 0 Å². The van der Waals surface area contributed by atoms with E-state index in [2.05, 4.69) is 12.1 Å². The third-order valence-electron chi connectivity index (χ3n) is 3.80. The van der Waals surface area contributed by atoms with Gasteiger partial charge in [-0.1, -0.05) is 6.07 Å². The minimum Gasteiger partial charge on any atom is -0.346 e. The van der Waals surface area contributed by atoms with Crippen molar-refractivity contribution in [2.45, 2.75) is 38.5 Å². The van der Waals surface area contributed by atoms with Crippen LogP contribution in [0.25, 0.3) is 10.9 Å². The minimum absolute atomic E-state index is 0.158. The van der Waals surface area contributed by atoms with Crippen LogP contribution < -0.4 is 5.73 Å². The van der Waals surface area contributed by atoms with Gasteiger partial charge in [0.2, 0.25) is 0 Å². The zero-order valence-electron chi connectivity index (χ0n) is 13.0. The average molecular weight is 308 g/mol. The molecule has 0 aliphatic carbocycles. The highest BCUT2D eigenvalue weighted by Crippen LogP contribution is 2.20. The molecule has 0 atom stereocenters. The smallest absolute Gasteiger partial charge is 0.156 e. The number of hydrogen-bond donors (Lipinski definition) is 1. The molecule has 0 saturated heterocycles. The molecule has 116 valence electrons. The fourth-order valence-corrected chi connectivity index (χ4v) is 3.34. The molecule has 0 amide bonds. The molecule has 5 heteroatoms. The van der Waals surface area contributed by atoms with Gasteiger partial charge >= 0.3 is 0 Å². The Balaban J connectivity index is 2.21. The van der Waals surface area contributed by atoms with E-state index < -0.39 is 14.6 Å². The van der Waals surface area contributed by atoms with Gasteiger partial charge < -0.3 is 10.3 Å². The van der Waals surface area contributed by atoms with Crippen molar-refractivity contribution < 1.29 is 8.42 Å². The summed E-state index contributed by atoms with van der Waals surface area (Å²) in [4.78, 5) is 0. The van der Waals surface area contributed by atoms with E-state index in [1.807, 2.05) is 22.9 Å². The summed E-state index contributed by atoms with van der Waals surface area (Å²) in [5.41, 5.74) is 7.86. The Morgan fingerprint density at radius 3 is 2.52 bits per heavy atom. The van der Waals surface area contributed by atoms with Gasteiger partial charge in [-0.15, -0.1) is 0 Å². The van der Waals surface area contributed by atoms with E-state index in [0.29, 0.717) is 13.1 Å². The van der Waals surface area contributed by atoms with Gasteiger partial charge in [-0.2, -0.15) is 0 Å². The Morgan fingerprint density at radius 1 is 1.19 bits per heavy atom. The summed E-state index contributed by atoms with van der Waals surface area (Å²) in [6, 6.07) is 8.25. The molecule has 0 aliphatic rings. The van der Waals surface area contributed by atoms with Crippen molar-refractivity contribution in [3.05, 3.63) is 36.0 Å². The number of nitrogens with two attached hydrogens (primary N) is 1. The molecule has 2 aromatic rings. The summed E-state index contributed by atoms with van der Waals surface area (Å²) in [6.45, 7) is 6.36. The summed E-state index contributed by atoms with van der Waals surface area (Å²) >= 11 is 0. The Bertz CT molecular complexity index is 724. The molecule has 21 heavy (non-hydrogen) atoms. The first kappa shape index (κ1) is 16.0. The van der Waals surface area contributed by atoms with Crippen LogP contribution in [-0.4, -0.2) is 30.0 Å². The predicted octanol–water partition coefficient (Wildman–Crippen LogP) is 2.36. The monoisotopic (exact) mass is 308 g/mol. The van der Waals surface area contributed by atoms with Crippen molar-refractivity contribution in [3.63, 3.8) is 0 Å². The number of hydrogen-bond acceptors (Lipinski definition) is 3. The third kappa shape index (κ3) is 3.47. The molecular weight excluding hydrogens is 284 g/mol. The van der Waals surface area contributed by atoms with Crippen LogP contribution >= 0.6 is 0 Å². The predicted molar refractivity (Wildman–Crippen MR) is 88.2 cm³/mol. The fourth-order valence-electron chi connectivity index (χ4n) is 2.29.